The van der Waals surface area contributed by atoms with Gasteiger partial charge in [0.05, 0.1) is 12.0 Å². The number of carbonyl (C=O) groups is 2. The van der Waals surface area contributed by atoms with Crippen LogP contribution in [0.4, 0.5) is 0 Å². The molecule has 0 bridgehead atoms. The van der Waals surface area contributed by atoms with Gasteiger partial charge in [0.2, 0.25) is 5.91 Å². The smallest absolute Gasteiger partial charge is 0.335 e. The average molecular weight is 277 g/mol. The van der Waals surface area contributed by atoms with Crippen molar-refractivity contribution in [1.82, 2.24) is 5.32 Å². The molecule has 0 fully saturated rings. The van der Waals surface area contributed by atoms with E-state index in [0.717, 1.165) is 24.8 Å². The van der Waals surface area contributed by atoms with E-state index in [-0.39, 0.29) is 23.4 Å². The number of benzene rings is 1. The zero-order valence-corrected chi connectivity index (χ0v) is 12.4. The summed E-state index contributed by atoms with van der Waals surface area (Å²) in [5, 5.41) is 11.9. The Bertz CT molecular complexity index is 453. The van der Waals surface area contributed by atoms with Gasteiger partial charge in [-0.1, -0.05) is 32.9 Å². The summed E-state index contributed by atoms with van der Waals surface area (Å²) in [6, 6.07) is 6.43. The predicted molar refractivity (Wildman–Crippen MR) is 78.9 cm³/mol. The number of rotatable bonds is 7. The number of aromatic carboxylic acids is 1. The lowest BCUT2D eigenvalue weighted by atomic mass is 9.89. The summed E-state index contributed by atoms with van der Waals surface area (Å²) in [5.41, 5.74) is 0.932. The van der Waals surface area contributed by atoms with Crippen LogP contribution in [0.25, 0.3) is 0 Å². The molecule has 1 aromatic rings. The van der Waals surface area contributed by atoms with Crippen molar-refractivity contribution in [3.8, 4) is 0 Å². The van der Waals surface area contributed by atoms with E-state index >= 15 is 0 Å². The Morgan fingerprint density at radius 2 is 1.55 bits per heavy atom. The summed E-state index contributed by atoms with van der Waals surface area (Å²) >= 11 is 0. The van der Waals surface area contributed by atoms with Gasteiger partial charge in [-0.05, 0) is 37.0 Å². The minimum atomic E-state index is -0.956. The molecule has 20 heavy (non-hydrogen) atoms. The lowest BCUT2D eigenvalue weighted by molar-refractivity contribution is -0.122. The summed E-state index contributed by atoms with van der Waals surface area (Å²) in [6.07, 6.45) is 3.00. The van der Waals surface area contributed by atoms with Crippen molar-refractivity contribution >= 4 is 11.9 Å². The molecule has 4 nitrogen and oxygen atoms in total. The first-order valence-corrected chi connectivity index (χ1v) is 7.09. The minimum Gasteiger partial charge on any atom is -0.478 e. The van der Waals surface area contributed by atoms with E-state index < -0.39 is 5.97 Å². The van der Waals surface area contributed by atoms with Crippen molar-refractivity contribution in [2.75, 3.05) is 0 Å². The van der Waals surface area contributed by atoms with Gasteiger partial charge < -0.3 is 10.4 Å². The predicted octanol–water partition coefficient (Wildman–Crippen LogP) is 3.01. The topological polar surface area (TPSA) is 66.4 Å². The molecule has 0 aliphatic carbocycles. The highest BCUT2D eigenvalue weighted by atomic mass is 16.4. The van der Waals surface area contributed by atoms with Gasteiger partial charge in [-0.25, -0.2) is 4.79 Å². The minimum absolute atomic E-state index is 0.0152. The Labute approximate surface area is 120 Å². The number of carboxylic acids is 1. The molecule has 0 aliphatic heterocycles. The summed E-state index contributed by atoms with van der Waals surface area (Å²) in [6.45, 7) is 6.23. The maximum atomic E-state index is 12.1. The van der Waals surface area contributed by atoms with Crippen LogP contribution in [0.15, 0.2) is 24.3 Å². The van der Waals surface area contributed by atoms with Gasteiger partial charge in [-0.3, -0.25) is 4.79 Å². The number of carbonyl (C=O) groups excluding carboxylic acids is 1. The number of hydrogen-bond donors (Lipinski definition) is 2. The van der Waals surface area contributed by atoms with Crippen LogP contribution in [-0.2, 0) is 11.2 Å². The fraction of sp³-hybridized carbons (Fsp3) is 0.500. The molecule has 1 amide bonds. The standard InChI is InChI=1S/C16H23NO3/c1-4-16(5-2,6-3)17-14(18)11-12-7-9-13(10-8-12)15(19)20/h7-10H,4-6,11H2,1-3H3,(H,17,18)(H,19,20). The number of hydrogen-bond acceptors (Lipinski definition) is 2. The number of nitrogens with one attached hydrogen (secondary N) is 1. The summed E-state index contributed by atoms with van der Waals surface area (Å²) in [4.78, 5) is 22.9. The number of carboxylic acid groups (broad SMARTS) is 1. The van der Waals surface area contributed by atoms with Crippen molar-refractivity contribution in [1.29, 1.82) is 0 Å². The number of amides is 1. The lowest BCUT2D eigenvalue weighted by Gasteiger charge is -2.31. The summed E-state index contributed by atoms with van der Waals surface area (Å²) < 4.78 is 0. The molecule has 0 atom stereocenters. The van der Waals surface area contributed by atoms with Crippen LogP contribution in [-0.4, -0.2) is 22.5 Å². The molecule has 2 N–H and O–H groups in total. The fourth-order valence-corrected chi connectivity index (χ4v) is 2.31. The molecule has 0 spiro atoms. The Kier molecular flexibility index (Phi) is 5.74. The van der Waals surface area contributed by atoms with Crippen LogP contribution >= 0.6 is 0 Å². The molecular weight excluding hydrogens is 254 g/mol. The zero-order chi connectivity index (χ0) is 15.2. The first kappa shape index (κ1) is 16.2. The van der Waals surface area contributed by atoms with Gasteiger partial charge in [-0.2, -0.15) is 0 Å². The van der Waals surface area contributed by atoms with E-state index in [9.17, 15) is 9.59 Å². The van der Waals surface area contributed by atoms with Crippen LogP contribution in [0, 0.1) is 0 Å². The molecule has 0 aromatic heterocycles. The SMILES string of the molecule is CCC(CC)(CC)NC(=O)Cc1ccc(C(=O)O)cc1. The molecule has 0 aliphatic rings. The zero-order valence-electron chi connectivity index (χ0n) is 12.4. The third-order valence-corrected chi connectivity index (χ3v) is 4.00. The maximum Gasteiger partial charge on any atom is 0.335 e. The first-order valence-electron chi connectivity index (χ1n) is 7.09. The van der Waals surface area contributed by atoms with Crippen molar-refractivity contribution in [3.63, 3.8) is 0 Å². The molecule has 0 saturated heterocycles. The van der Waals surface area contributed by atoms with Crippen LogP contribution in [0.5, 0.6) is 0 Å². The highest BCUT2D eigenvalue weighted by Gasteiger charge is 2.25. The lowest BCUT2D eigenvalue weighted by Crippen LogP contribution is -2.47. The highest BCUT2D eigenvalue weighted by Crippen LogP contribution is 2.19. The fourth-order valence-electron chi connectivity index (χ4n) is 2.31. The van der Waals surface area contributed by atoms with E-state index in [1.807, 2.05) is 0 Å². The van der Waals surface area contributed by atoms with Gasteiger partial charge in [0.1, 0.15) is 0 Å². The van der Waals surface area contributed by atoms with E-state index in [1.165, 1.54) is 12.1 Å². The van der Waals surface area contributed by atoms with Crippen molar-refractivity contribution in [3.05, 3.63) is 35.4 Å². The molecule has 0 heterocycles. The van der Waals surface area contributed by atoms with Crippen molar-refractivity contribution < 1.29 is 14.7 Å². The van der Waals surface area contributed by atoms with E-state index in [2.05, 4.69) is 26.1 Å². The molecule has 4 heteroatoms. The molecule has 110 valence electrons. The maximum absolute atomic E-state index is 12.1. The first-order chi connectivity index (χ1) is 9.46. The van der Waals surface area contributed by atoms with Crippen LogP contribution in [0.1, 0.15) is 56.0 Å². The largest absolute Gasteiger partial charge is 0.478 e. The highest BCUT2D eigenvalue weighted by molar-refractivity contribution is 5.87. The molecular formula is C16H23NO3. The van der Waals surface area contributed by atoms with Crippen molar-refractivity contribution in [2.45, 2.75) is 52.0 Å². The van der Waals surface area contributed by atoms with Gasteiger partial charge >= 0.3 is 5.97 Å². The van der Waals surface area contributed by atoms with E-state index in [4.69, 9.17) is 5.11 Å². The Hall–Kier alpha value is -1.84. The van der Waals surface area contributed by atoms with Crippen LogP contribution in [0.3, 0.4) is 0 Å². The van der Waals surface area contributed by atoms with Gasteiger partial charge in [-0.15, -0.1) is 0 Å². The van der Waals surface area contributed by atoms with Gasteiger partial charge in [0.25, 0.3) is 0 Å². The monoisotopic (exact) mass is 277 g/mol. The second-order valence-corrected chi connectivity index (χ2v) is 5.07. The summed E-state index contributed by atoms with van der Waals surface area (Å²) in [5.74, 6) is -0.971. The third kappa shape index (κ3) is 4.08. The van der Waals surface area contributed by atoms with Gasteiger partial charge in [0, 0.05) is 5.54 Å². The van der Waals surface area contributed by atoms with Gasteiger partial charge in [0.15, 0.2) is 0 Å². The molecule has 0 saturated carbocycles. The summed E-state index contributed by atoms with van der Waals surface area (Å²) in [7, 11) is 0. The Morgan fingerprint density at radius 3 is 1.95 bits per heavy atom. The normalized spacial score (nSPS) is 11.2. The quantitative estimate of drug-likeness (QED) is 0.805. The molecule has 1 aromatic carbocycles. The second-order valence-electron chi connectivity index (χ2n) is 5.07. The Balaban J connectivity index is 2.68. The molecule has 0 radical (unpaired) electrons. The second kappa shape index (κ2) is 7.08. The molecule has 0 unspecified atom stereocenters. The van der Waals surface area contributed by atoms with Crippen LogP contribution in [0.2, 0.25) is 0 Å². The van der Waals surface area contributed by atoms with E-state index in [1.54, 1.807) is 12.1 Å². The van der Waals surface area contributed by atoms with Crippen molar-refractivity contribution in [2.24, 2.45) is 0 Å². The Morgan fingerprint density at radius 1 is 1.05 bits per heavy atom. The molecule has 1 rings (SSSR count). The average Bonchev–Trinajstić information content (AvgIpc) is 2.45. The van der Waals surface area contributed by atoms with Crippen LogP contribution < -0.4 is 5.32 Å². The third-order valence-electron chi connectivity index (χ3n) is 4.00. The van der Waals surface area contributed by atoms with E-state index in [0.29, 0.717) is 0 Å².